The number of carbonyl (C=O) groups is 1. The minimum atomic E-state index is -0.344. The summed E-state index contributed by atoms with van der Waals surface area (Å²) in [6.45, 7) is 28.0. The summed E-state index contributed by atoms with van der Waals surface area (Å²) < 4.78 is 5.81. The highest BCUT2D eigenvalue weighted by molar-refractivity contribution is 5.77. The van der Waals surface area contributed by atoms with Crippen molar-refractivity contribution < 1.29 is 9.53 Å². The quantitative estimate of drug-likeness (QED) is 0.223. The number of rotatable bonds is 19. The first kappa shape index (κ1) is 34.0. The van der Waals surface area contributed by atoms with E-state index < -0.39 is 0 Å². The minimum absolute atomic E-state index is 0.124. The van der Waals surface area contributed by atoms with E-state index in [0.29, 0.717) is 30.3 Å². The van der Waals surface area contributed by atoms with Crippen molar-refractivity contribution in [3.63, 3.8) is 0 Å². The maximum Gasteiger partial charge on any atom is 0.222 e. The maximum atomic E-state index is 11.9. The lowest BCUT2D eigenvalue weighted by Crippen LogP contribution is -2.48. The molecule has 4 N–H and O–H groups in total. The van der Waals surface area contributed by atoms with E-state index in [2.05, 4.69) is 81.8 Å². The fourth-order valence-electron chi connectivity index (χ4n) is 6.28. The monoisotopic (exact) mass is 533 g/mol. The predicted molar refractivity (Wildman–Crippen MR) is 161 cm³/mol. The number of nitrogens with one attached hydrogen (secondary N) is 2. The van der Waals surface area contributed by atoms with E-state index in [1.807, 2.05) is 14.0 Å². The fourth-order valence-corrected chi connectivity index (χ4v) is 6.28. The Bertz CT molecular complexity index is 782. The van der Waals surface area contributed by atoms with E-state index >= 15 is 0 Å². The zero-order valence-electron chi connectivity index (χ0n) is 26.0. The Morgan fingerprint density at radius 1 is 1.16 bits per heavy atom. The Morgan fingerprint density at radius 3 is 2.26 bits per heavy atom. The third-order valence-electron chi connectivity index (χ3n) is 8.85. The molecular formula is C31H59N5O2. The molecule has 0 aromatic rings. The first-order valence-corrected chi connectivity index (χ1v) is 14.6. The van der Waals surface area contributed by atoms with E-state index in [4.69, 9.17) is 10.5 Å². The van der Waals surface area contributed by atoms with Crippen molar-refractivity contribution >= 4 is 5.91 Å². The number of likely N-dealkylation sites (tertiary alicyclic amines) is 1. The second-order valence-electron chi connectivity index (χ2n) is 11.7. The molecule has 7 heteroatoms. The molecule has 1 amide bonds. The lowest BCUT2D eigenvalue weighted by atomic mass is 9.81. The number of methoxy groups -OCH3 is 1. The van der Waals surface area contributed by atoms with Gasteiger partial charge in [-0.25, -0.2) is 0 Å². The van der Waals surface area contributed by atoms with E-state index in [1.54, 1.807) is 7.11 Å². The predicted octanol–water partition coefficient (Wildman–Crippen LogP) is 4.72. The number of hydrogen-bond acceptors (Lipinski definition) is 6. The molecule has 1 fully saturated rings. The van der Waals surface area contributed by atoms with E-state index in [9.17, 15) is 4.79 Å². The van der Waals surface area contributed by atoms with Crippen LogP contribution < -0.4 is 16.4 Å². The molecule has 1 aliphatic heterocycles. The number of nitrogens with zero attached hydrogens (tertiary/aromatic N) is 2. The molecule has 0 spiro atoms. The average Bonchev–Trinajstić information content (AvgIpc) is 3.36. The third kappa shape index (κ3) is 8.77. The van der Waals surface area contributed by atoms with Crippen LogP contribution in [0.15, 0.2) is 36.8 Å². The van der Waals surface area contributed by atoms with E-state index in [1.165, 1.54) is 0 Å². The lowest BCUT2D eigenvalue weighted by molar-refractivity contribution is -0.127. The minimum Gasteiger partial charge on any atom is -0.382 e. The zero-order chi connectivity index (χ0) is 29.2. The molecule has 38 heavy (non-hydrogen) atoms. The van der Waals surface area contributed by atoms with Gasteiger partial charge in [0.15, 0.2) is 0 Å². The van der Waals surface area contributed by atoms with Crippen LogP contribution in [-0.2, 0) is 9.53 Å². The number of nitrogens with two attached hydrogens (primary N) is 1. The fraction of sp³-hybridized carbons (Fsp3) is 0.774. The van der Waals surface area contributed by atoms with Crippen molar-refractivity contribution in [1.82, 2.24) is 20.4 Å². The van der Waals surface area contributed by atoms with Crippen molar-refractivity contribution in [2.45, 2.75) is 97.9 Å². The molecule has 1 heterocycles. The van der Waals surface area contributed by atoms with Crippen LogP contribution in [0.25, 0.3) is 0 Å². The Labute approximate surface area is 234 Å². The summed E-state index contributed by atoms with van der Waals surface area (Å²) in [4.78, 5) is 16.7. The number of allylic oxidation sites excluding steroid dienone is 1. The van der Waals surface area contributed by atoms with Gasteiger partial charge in [0.05, 0.1) is 24.6 Å². The Balaban J connectivity index is 3.03. The molecule has 0 aromatic heterocycles. The van der Waals surface area contributed by atoms with Crippen LogP contribution >= 0.6 is 0 Å². The third-order valence-corrected chi connectivity index (χ3v) is 8.85. The number of carbonyl (C=O) groups excluding carboxylic acids is 1. The second kappa shape index (κ2) is 16.2. The van der Waals surface area contributed by atoms with Gasteiger partial charge in [0.25, 0.3) is 0 Å². The standard InChI is InChI=1S/C31H59N5O2/c1-13-21(5)29(35(11)23(7)19-34-25(9)28(33-10)20(3)4)26(14-2)18-22(6)36-17-15-16-27(36)30(38-12)24(8)31(32)37/h20-21,24,26-30,33-34H,6-7,9,13-19H2,1-5,8,10-12H3,(H2,32,37)/t21-,24+,26+,27-,28?,29-,30+/m0/s1. The smallest absolute Gasteiger partial charge is 0.222 e. The van der Waals surface area contributed by atoms with Gasteiger partial charge in [0.1, 0.15) is 0 Å². The van der Waals surface area contributed by atoms with Crippen LogP contribution in [0.4, 0.5) is 0 Å². The zero-order valence-corrected chi connectivity index (χ0v) is 26.0. The molecule has 0 aromatic carbocycles. The summed E-state index contributed by atoms with van der Waals surface area (Å²) in [6.07, 6.45) is 4.86. The Kier molecular flexibility index (Phi) is 14.5. The van der Waals surface area contributed by atoms with Crippen LogP contribution in [0.5, 0.6) is 0 Å². The molecule has 1 unspecified atom stereocenters. The highest BCUT2D eigenvalue weighted by atomic mass is 16.5. The maximum absolute atomic E-state index is 11.9. The molecule has 7 atom stereocenters. The summed E-state index contributed by atoms with van der Waals surface area (Å²) >= 11 is 0. The number of primary amides is 1. The second-order valence-corrected chi connectivity index (χ2v) is 11.7. The molecule has 7 nitrogen and oxygen atoms in total. The van der Waals surface area contributed by atoms with Gasteiger partial charge in [0.2, 0.25) is 5.91 Å². The molecule has 1 aliphatic rings. The summed E-state index contributed by atoms with van der Waals surface area (Å²) in [6, 6.07) is 0.670. The van der Waals surface area contributed by atoms with E-state index in [-0.39, 0.29) is 30.0 Å². The summed E-state index contributed by atoms with van der Waals surface area (Å²) in [7, 11) is 5.84. The van der Waals surface area contributed by atoms with Gasteiger partial charge < -0.3 is 30.9 Å². The molecule has 1 rings (SSSR count). The van der Waals surface area contributed by atoms with Crippen molar-refractivity contribution in [2.24, 2.45) is 29.4 Å². The summed E-state index contributed by atoms with van der Waals surface area (Å²) in [5, 5.41) is 6.87. The first-order chi connectivity index (χ1) is 17.9. The van der Waals surface area contributed by atoms with Gasteiger partial charge in [-0.15, -0.1) is 0 Å². The highest BCUT2D eigenvalue weighted by Gasteiger charge is 2.39. The molecular weight excluding hydrogens is 474 g/mol. The number of ether oxygens (including phenoxy) is 1. The van der Waals surface area contributed by atoms with Gasteiger partial charge >= 0.3 is 0 Å². The molecule has 1 saturated heterocycles. The highest BCUT2D eigenvalue weighted by Crippen LogP contribution is 2.35. The van der Waals surface area contributed by atoms with E-state index in [0.717, 1.165) is 55.7 Å². The Hall–Kier alpha value is -1.99. The van der Waals surface area contributed by atoms with Gasteiger partial charge in [-0.05, 0) is 44.1 Å². The van der Waals surface area contributed by atoms with Crippen LogP contribution in [0.3, 0.4) is 0 Å². The topological polar surface area (TPSA) is 82.9 Å². The van der Waals surface area contributed by atoms with Crippen LogP contribution in [0.2, 0.25) is 0 Å². The summed E-state index contributed by atoms with van der Waals surface area (Å²) in [5.74, 6) is 0.701. The average molecular weight is 534 g/mol. The van der Waals surface area contributed by atoms with Crippen LogP contribution in [0.1, 0.15) is 73.6 Å². The molecule has 220 valence electrons. The van der Waals surface area contributed by atoms with Gasteiger partial charge in [-0.1, -0.05) is 74.1 Å². The van der Waals surface area contributed by atoms with Crippen molar-refractivity contribution in [2.75, 3.05) is 34.3 Å². The number of hydrogen-bond donors (Lipinski definition) is 3. The number of amides is 1. The SMILES string of the molecule is C=C(NCC(=C)N(C)[C@H]([C@H](CC)CC(=C)N1CCC[C@H]1[C@H](OC)[C@@H](C)C(N)=O)[C@@H](C)CC)C(NC)C(C)C. The van der Waals surface area contributed by atoms with Gasteiger partial charge in [-0.2, -0.15) is 0 Å². The van der Waals surface area contributed by atoms with Crippen molar-refractivity contribution in [3.05, 3.63) is 36.8 Å². The molecule has 0 radical (unpaired) electrons. The first-order valence-electron chi connectivity index (χ1n) is 14.6. The molecule has 0 aliphatic carbocycles. The lowest BCUT2D eigenvalue weighted by Gasteiger charge is -2.43. The molecule has 0 bridgehead atoms. The normalized spacial score (nSPS) is 20.4. The van der Waals surface area contributed by atoms with Gasteiger partial charge in [0, 0.05) is 49.9 Å². The number of likely N-dealkylation sites (N-methyl/N-ethyl adjacent to an activating group) is 2. The van der Waals surface area contributed by atoms with Crippen LogP contribution in [0, 0.1) is 23.7 Å². The van der Waals surface area contributed by atoms with Crippen molar-refractivity contribution in [3.8, 4) is 0 Å². The van der Waals surface area contributed by atoms with Crippen LogP contribution in [-0.4, -0.2) is 74.2 Å². The summed E-state index contributed by atoms with van der Waals surface area (Å²) in [5.41, 5.74) is 8.84. The van der Waals surface area contributed by atoms with Crippen molar-refractivity contribution in [1.29, 1.82) is 0 Å². The Morgan fingerprint density at radius 2 is 1.79 bits per heavy atom. The largest absolute Gasteiger partial charge is 0.382 e. The molecule has 0 saturated carbocycles. The van der Waals surface area contributed by atoms with Gasteiger partial charge in [-0.3, -0.25) is 4.79 Å².